The summed E-state index contributed by atoms with van der Waals surface area (Å²) in [5.41, 5.74) is 0. The van der Waals surface area contributed by atoms with Gasteiger partial charge in [-0.1, -0.05) is 6.42 Å². The van der Waals surface area contributed by atoms with Gasteiger partial charge >= 0.3 is 0 Å². The molecule has 0 atom stereocenters. The molecule has 1 saturated heterocycles. The summed E-state index contributed by atoms with van der Waals surface area (Å²) in [5, 5.41) is 7.53. The van der Waals surface area contributed by atoms with E-state index in [0.717, 1.165) is 50.5 Å². The number of rotatable bonds is 5. The zero-order chi connectivity index (χ0) is 14.9. The van der Waals surface area contributed by atoms with Crippen molar-refractivity contribution in [2.75, 3.05) is 25.0 Å². The molecule has 0 bridgehead atoms. The fourth-order valence-electron chi connectivity index (χ4n) is 3.67. The van der Waals surface area contributed by atoms with Gasteiger partial charge in [-0.2, -0.15) is 5.10 Å². The van der Waals surface area contributed by atoms with E-state index in [2.05, 4.69) is 15.3 Å². The molecule has 2 saturated carbocycles. The van der Waals surface area contributed by atoms with E-state index < -0.39 is 0 Å². The summed E-state index contributed by atoms with van der Waals surface area (Å²) in [4.78, 5) is 14.6. The second-order valence-corrected chi connectivity index (χ2v) is 7.25. The van der Waals surface area contributed by atoms with Gasteiger partial charge in [-0.05, 0) is 44.4 Å². The molecule has 22 heavy (non-hydrogen) atoms. The van der Waals surface area contributed by atoms with Crippen molar-refractivity contribution in [3.05, 3.63) is 12.3 Å². The maximum atomic E-state index is 12.0. The Balaban J connectivity index is 1.32. The molecular formula is C17H26N4O. The first-order valence-electron chi connectivity index (χ1n) is 8.86. The summed E-state index contributed by atoms with van der Waals surface area (Å²) in [5.74, 6) is 2.25. The fraction of sp³-hybridized carbons (Fsp3) is 0.765. The molecule has 1 amide bonds. The molecule has 0 radical (unpaired) electrons. The highest BCUT2D eigenvalue weighted by Gasteiger charge is 2.31. The molecule has 1 aliphatic heterocycles. The monoisotopic (exact) mass is 302 g/mol. The van der Waals surface area contributed by atoms with Gasteiger partial charge in [0.1, 0.15) is 5.82 Å². The third kappa shape index (κ3) is 3.05. The van der Waals surface area contributed by atoms with Gasteiger partial charge in [-0.25, -0.2) is 4.68 Å². The Bertz CT molecular complexity index is 525. The number of amides is 1. The first-order chi connectivity index (χ1) is 10.8. The van der Waals surface area contributed by atoms with E-state index in [1.165, 1.54) is 25.8 Å². The minimum atomic E-state index is 0.171. The number of nitrogens with one attached hydrogen (secondary N) is 1. The molecule has 0 aromatic carbocycles. The predicted molar refractivity (Wildman–Crippen MR) is 85.6 cm³/mol. The van der Waals surface area contributed by atoms with Crippen LogP contribution in [-0.2, 0) is 4.79 Å². The van der Waals surface area contributed by atoms with E-state index >= 15 is 0 Å². The van der Waals surface area contributed by atoms with Crippen LogP contribution in [0.15, 0.2) is 12.3 Å². The lowest BCUT2D eigenvalue weighted by Crippen LogP contribution is -2.39. The minimum absolute atomic E-state index is 0.171. The molecule has 2 aliphatic carbocycles. The number of likely N-dealkylation sites (tertiary alicyclic amines) is 1. The average molecular weight is 302 g/mol. The summed E-state index contributed by atoms with van der Waals surface area (Å²) in [6.07, 6.45) is 10.5. The Morgan fingerprint density at radius 2 is 1.95 bits per heavy atom. The van der Waals surface area contributed by atoms with E-state index in [9.17, 15) is 4.79 Å². The Labute approximate surface area is 132 Å². The van der Waals surface area contributed by atoms with E-state index in [-0.39, 0.29) is 11.8 Å². The van der Waals surface area contributed by atoms with Crippen molar-refractivity contribution in [2.24, 2.45) is 11.8 Å². The van der Waals surface area contributed by atoms with Gasteiger partial charge in [0, 0.05) is 31.6 Å². The van der Waals surface area contributed by atoms with Crippen LogP contribution in [0.3, 0.4) is 0 Å². The van der Waals surface area contributed by atoms with Crippen molar-refractivity contribution in [1.82, 2.24) is 14.7 Å². The minimum Gasteiger partial charge on any atom is -0.311 e. The van der Waals surface area contributed by atoms with Crippen LogP contribution in [-0.4, -0.2) is 40.2 Å². The third-order valence-corrected chi connectivity index (χ3v) is 5.51. The van der Waals surface area contributed by atoms with Crippen LogP contribution in [0.5, 0.6) is 0 Å². The molecule has 120 valence electrons. The molecule has 4 rings (SSSR count). The summed E-state index contributed by atoms with van der Waals surface area (Å²) in [6.45, 7) is 3.62. The second kappa shape index (κ2) is 6.03. The van der Waals surface area contributed by atoms with Crippen LogP contribution in [0.2, 0.25) is 0 Å². The molecule has 5 heteroatoms. The number of aromatic nitrogens is 2. The topological polar surface area (TPSA) is 50.2 Å². The van der Waals surface area contributed by atoms with Crippen LogP contribution in [0, 0.1) is 11.8 Å². The SMILES string of the molecule is O=C(Nc1ccnn1C1CCN(CC2CCC2)CC1)C1CC1. The van der Waals surface area contributed by atoms with Gasteiger partial charge < -0.3 is 10.2 Å². The van der Waals surface area contributed by atoms with E-state index in [0.29, 0.717) is 6.04 Å². The molecule has 3 aliphatic rings. The second-order valence-electron chi connectivity index (χ2n) is 7.25. The smallest absolute Gasteiger partial charge is 0.228 e. The van der Waals surface area contributed by atoms with Gasteiger partial charge in [-0.3, -0.25) is 4.79 Å². The number of hydrogen-bond donors (Lipinski definition) is 1. The molecule has 1 aromatic heterocycles. The number of hydrogen-bond acceptors (Lipinski definition) is 3. The van der Waals surface area contributed by atoms with E-state index in [4.69, 9.17) is 0 Å². The standard InChI is InChI=1S/C17H26N4O/c22-17(14-4-5-14)19-16-6-9-18-21(16)15-7-10-20(11-8-15)12-13-2-1-3-13/h6,9,13-15H,1-5,7-8,10-12H2,(H,19,22). The Kier molecular flexibility index (Phi) is 3.90. The predicted octanol–water partition coefficient (Wildman–Crippen LogP) is 2.67. The van der Waals surface area contributed by atoms with Crippen molar-refractivity contribution < 1.29 is 4.79 Å². The lowest BCUT2D eigenvalue weighted by molar-refractivity contribution is -0.117. The Morgan fingerprint density at radius 3 is 2.59 bits per heavy atom. The molecular weight excluding hydrogens is 276 g/mol. The first-order valence-corrected chi connectivity index (χ1v) is 8.86. The van der Waals surface area contributed by atoms with E-state index in [1.54, 1.807) is 0 Å². The summed E-state index contributed by atoms with van der Waals surface area (Å²) >= 11 is 0. The molecule has 5 nitrogen and oxygen atoms in total. The highest BCUT2D eigenvalue weighted by atomic mass is 16.2. The van der Waals surface area contributed by atoms with E-state index in [1.807, 2.05) is 16.9 Å². The number of carbonyl (C=O) groups is 1. The highest BCUT2D eigenvalue weighted by Crippen LogP contribution is 2.32. The number of piperidine rings is 1. The van der Waals surface area contributed by atoms with Gasteiger partial charge in [0.2, 0.25) is 5.91 Å². The van der Waals surface area contributed by atoms with Gasteiger partial charge in [0.25, 0.3) is 0 Å². The normalized spacial score (nSPS) is 24.2. The molecule has 3 fully saturated rings. The van der Waals surface area contributed by atoms with Crippen LogP contribution >= 0.6 is 0 Å². The maximum absolute atomic E-state index is 12.0. The van der Waals surface area contributed by atoms with Crippen molar-refractivity contribution in [3.8, 4) is 0 Å². The molecule has 1 N–H and O–H groups in total. The van der Waals surface area contributed by atoms with Crippen molar-refractivity contribution in [1.29, 1.82) is 0 Å². The summed E-state index contributed by atoms with van der Waals surface area (Å²) in [7, 11) is 0. The van der Waals surface area contributed by atoms with Crippen molar-refractivity contribution >= 4 is 11.7 Å². The number of nitrogens with zero attached hydrogens (tertiary/aromatic N) is 3. The molecule has 0 spiro atoms. The van der Waals surface area contributed by atoms with Crippen LogP contribution in [0.1, 0.15) is 51.0 Å². The van der Waals surface area contributed by atoms with Gasteiger partial charge in [0.15, 0.2) is 0 Å². The van der Waals surface area contributed by atoms with Crippen LogP contribution in [0.4, 0.5) is 5.82 Å². The summed E-state index contributed by atoms with van der Waals surface area (Å²) in [6, 6.07) is 2.36. The molecule has 0 unspecified atom stereocenters. The lowest BCUT2D eigenvalue weighted by Gasteiger charge is -2.37. The van der Waals surface area contributed by atoms with Gasteiger partial charge in [-0.15, -0.1) is 0 Å². The highest BCUT2D eigenvalue weighted by molar-refractivity contribution is 5.93. The molecule has 2 heterocycles. The third-order valence-electron chi connectivity index (χ3n) is 5.51. The molecule has 1 aromatic rings. The number of anilines is 1. The average Bonchev–Trinajstić information content (AvgIpc) is 3.25. The summed E-state index contributed by atoms with van der Waals surface area (Å²) < 4.78 is 2.04. The number of carbonyl (C=O) groups excluding carboxylic acids is 1. The maximum Gasteiger partial charge on any atom is 0.228 e. The Hall–Kier alpha value is -1.36. The van der Waals surface area contributed by atoms with Crippen molar-refractivity contribution in [2.45, 2.75) is 51.0 Å². The first kappa shape index (κ1) is 14.2. The Morgan fingerprint density at radius 1 is 1.18 bits per heavy atom. The van der Waals surface area contributed by atoms with Crippen LogP contribution in [0.25, 0.3) is 0 Å². The van der Waals surface area contributed by atoms with Crippen molar-refractivity contribution in [3.63, 3.8) is 0 Å². The fourth-order valence-corrected chi connectivity index (χ4v) is 3.67. The van der Waals surface area contributed by atoms with Gasteiger partial charge in [0.05, 0.1) is 12.2 Å². The zero-order valence-corrected chi connectivity index (χ0v) is 13.2. The lowest BCUT2D eigenvalue weighted by atomic mass is 9.84. The quantitative estimate of drug-likeness (QED) is 0.910. The van der Waals surface area contributed by atoms with Crippen LogP contribution < -0.4 is 5.32 Å². The largest absolute Gasteiger partial charge is 0.311 e. The zero-order valence-electron chi connectivity index (χ0n) is 13.2.